The predicted molar refractivity (Wildman–Crippen MR) is 104 cm³/mol. The number of benzene rings is 1. The van der Waals surface area contributed by atoms with Gasteiger partial charge in [0.2, 0.25) is 0 Å². The van der Waals surface area contributed by atoms with Crippen molar-refractivity contribution in [2.45, 2.75) is 72.3 Å². The number of amides is 1. The van der Waals surface area contributed by atoms with Gasteiger partial charge in [0.1, 0.15) is 17.6 Å². The number of rotatable bonds is 7. The fraction of sp³-hybridized carbons (Fsp3) is 0.571. The zero-order chi connectivity index (χ0) is 20.8. The maximum atomic E-state index is 12.3. The van der Waals surface area contributed by atoms with Crippen LogP contribution in [-0.2, 0) is 19.7 Å². The number of esters is 1. The van der Waals surface area contributed by atoms with Crippen molar-refractivity contribution in [3.05, 3.63) is 28.8 Å². The molecule has 0 aliphatic carbocycles. The lowest BCUT2D eigenvalue weighted by Crippen LogP contribution is -2.34. The number of carbonyl (C=O) groups excluding carboxylic acids is 3. The second-order valence-corrected chi connectivity index (χ2v) is 8.36. The first-order valence-corrected chi connectivity index (χ1v) is 9.08. The Balaban J connectivity index is 2.82. The number of hydrogen-bond donors (Lipinski definition) is 1. The fourth-order valence-electron chi connectivity index (χ4n) is 2.94. The number of alkyl carbamates (subject to hydrolysis) is 1. The third-order valence-electron chi connectivity index (χ3n) is 3.94. The van der Waals surface area contributed by atoms with Gasteiger partial charge < -0.3 is 19.6 Å². The molecular weight excluding hydrogens is 346 g/mol. The lowest BCUT2D eigenvalue weighted by Gasteiger charge is -2.27. The van der Waals surface area contributed by atoms with Gasteiger partial charge >= 0.3 is 12.1 Å². The number of aryl methyl sites for hydroxylation is 2. The number of nitrogens with one attached hydrogen (secondary N) is 1. The molecule has 0 aliphatic heterocycles. The van der Waals surface area contributed by atoms with Gasteiger partial charge in [-0.1, -0.05) is 19.9 Å². The van der Waals surface area contributed by atoms with Gasteiger partial charge in [0.05, 0.1) is 6.42 Å². The van der Waals surface area contributed by atoms with E-state index in [4.69, 9.17) is 9.47 Å². The van der Waals surface area contributed by atoms with E-state index in [9.17, 15) is 14.4 Å². The van der Waals surface area contributed by atoms with Crippen LogP contribution < -0.4 is 10.1 Å². The maximum absolute atomic E-state index is 12.3. The minimum Gasteiger partial charge on any atom is -0.444 e. The highest BCUT2D eigenvalue weighted by Gasteiger charge is 2.27. The smallest absolute Gasteiger partial charge is 0.407 e. The van der Waals surface area contributed by atoms with Gasteiger partial charge in [0.25, 0.3) is 0 Å². The van der Waals surface area contributed by atoms with E-state index < -0.39 is 23.1 Å². The van der Waals surface area contributed by atoms with E-state index in [1.807, 2.05) is 33.8 Å². The Hall–Kier alpha value is -2.37. The van der Waals surface area contributed by atoms with Crippen molar-refractivity contribution in [1.82, 2.24) is 5.32 Å². The van der Waals surface area contributed by atoms with E-state index in [0.29, 0.717) is 12.2 Å². The number of hydrogen-bond acceptors (Lipinski definition) is 5. The van der Waals surface area contributed by atoms with E-state index in [0.717, 1.165) is 23.0 Å². The molecule has 0 atom stereocenters. The molecule has 6 nitrogen and oxygen atoms in total. The summed E-state index contributed by atoms with van der Waals surface area (Å²) >= 11 is 0. The van der Waals surface area contributed by atoms with Crippen LogP contribution in [0.5, 0.6) is 5.75 Å². The third-order valence-corrected chi connectivity index (χ3v) is 3.94. The molecule has 1 amide bonds. The molecule has 0 fully saturated rings. The lowest BCUT2D eigenvalue weighted by molar-refractivity contribution is -0.134. The van der Waals surface area contributed by atoms with Gasteiger partial charge in [-0.25, -0.2) is 4.79 Å². The van der Waals surface area contributed by atoms with Crippen molar-refractivity contribution in [2.24, 2.45) is 0 Å². The van der Waals surface area contributed by atoms with Crippen molar-refractivity contribution in [3.8, 4) is 5.75 Å². The normalized spacial score (nSPS) is 11.7. The first kappa shape index (κ1) is 22.7. The predicted octanol–water partition coefficient (Wildman–Crippen LogP) is 3.99. The highest BCUT2D eigenvalue weighted by molar-refractivity contribution is 5.75. The molecule has 1 N–H and O–H groups in total. The molecule has 0 aliphatic rings. The summed E-state index contributed by atoms with van der Waals surface area (Å²) in [5, 5.41) is 2.54. The number of ether oxygens (including phenoxy) is 2. The molecule has 1 aromatic carbocycles. The topological polar surface area (TPSA) is 81.7 Å². The van der Waals surface area contributed by atoms with E-state index in [1.165, 1.54) is 0 Å². The van der Waals surface area contributed by atoms with Crippen LogP contribution in [0.3, 0.4) is 0 Å². The molecule has 0 heterocycles. The van der Waals surface area contributed by atoms with Crippen LogP contribution >= 0.6 is 0 Å². The van der Waals surface area contributed by atoms with Gasteiger partial charge in [-0.2, -0.15) is 0 Å². The lowest BCUT2D eigenvalue weighted by atomic mass is 9.78. The quantitative estimate of drug-likeness (QED) is 0.441. The Kier molecular flexibility index (Phi) is 7.57. The van der Waals surface area contributed by atoms with E-state index >= 15 is 0 Å². The van der Waals surface area contributed by atoms with Crippen LogP contribution in [0.1, 0.15) is 64.2 Å². The fourth-order valence-corrected chi connectivity index (χ4v) is 2.94. The first-order valence-electron chi connectivity index (χ1n) is 9.08. The molecule has 27 heavy (non-hydrogen) atoms. The minimum absolute atomic E-state index is 0.0137. The number of aldehydes is 1. The summed E-state index contributed by atoms with van der Waals surface area (Å²) in [5.74, 6) is 0.000768. The van der Waals surface area contributed by atoms with Crippen LogP contribution in [-0.4, -0.2) is 30.5 Å². The molecule has 0 spiro atoms. The second-order valence-electron chi connectivity index (χ2n) is 8.36. The molecule has 1 rings (SSSR count). The highest BCUT2D eigenvalue weighted by atomic mass is 16.6. The van der Waals surface area contributed by atoms with E-state index in [-0.39, 0.29) is 13.0 Å². The second kappa shape index (κ2) is 9.02. The van der Waals surface area contributed by atoms with Crippen LogP contribution in [0.25, 0.3) is 0 Å². The molecule has 0 unspecified atom stereocenters. The molecule has 0 radical (unpaired) electrons. The standard InChI is InChI=1S/C21H31NO5/c1-14-12-15(2)18(21(6,7)9-11-23)16(13-14)26-17(24)8-10-22-19(25)27-20(3,4)5/h11-13H,8-10H2,1-7H3,(H,22,25). The molecule has 0 saturated heterocycles. The molecule has 0 aromatic heterocycles. The summed E-state index contributed by atoms with van der Waals surface area (Å²) in [6, 6.07) is 3.80. The molecular formula is C21H31NO5. The Bertz CT molecular complexity index is 701. The molecule has 150 valence electrons. The Morgan fingerprint density at radius 3 is 2.30 bits per heavy atom. The Morgan fingerprint density at radius 2 is 1.74 bits per heavy atom. The van der Waals surface area contributed by atoms with Crippen LogP contribution in [0, 0.1) is 13.8 Å². The third kappa shape index (κ3) is 7.41. The SMILES string of the molecule is Cc1cc(C)c(C(C)(C)CC=O)c(OC(=O)CCNC(=O)OC(C)(C)C)c1. The van der Waals surface area contributed by atoms with Crippen molar-refractivity contribution < 1.29 is 23.9 Å². The van der Waals surface area contributed by atoms with Crippen molar-refractivity contribution >= 4 is 18.3 Å². The summed E-state index contributed by atoms with van der Waals surface area (Å²) in [7, 11) is 0. The Labute approximate surface area is 161 Å². The zero-order valence-corrected chi connectivity index (χ0v) is 17.4. The number of carbonyl (C=O) groups is 3. The molecule has 0 saturated carbocycles. The van der Waals surface area contributed by atoms with Gasteiger partial charge in [0.15, 0.2) is 0 Å². The largest absolute Gasteiger partial charge is 0.444 e. The maximum Gasteiger partial charge on any atom is 0.407 e. The highest BCUT2D eigenvalue weighted by Crippen LogP contribution is 2.37. The van der Waals surface area contributed by atoms with Crippen molar-refractivity contribution in [2.75, 3.05) is 6.54 Å². The van der Waals surface area contributed by atoms with Gasteiger partial charge in [-0.3, -0.25) is 4.79 Å². The summed E-state index contributed by atoms with van der Waals surface area (Å²) < 4.78 is 10.7. The zero-order valence-electron chi connectivity index (χ0n) is 17.4. The monoisotopic (exact) mass is 377 g/mol. The van der Waals surface area contributed by atoms with Gasteiger partial charge in [0, 0.05) is 23.9 Å². The Morgan fingerprint density at radius 1 is 1.11 bits per heavy atom. The summed E-state index contributed by atoms with van der Waals surface area (Å²) in [6.45, 7) is 13.2. The van der Waals surface area contributed by atoms with Crippen LogP contribution in [0.2, 0.25) is 0 Å². The summed E-state index contributed by atoms with van der Waals surface area (Å²) in [5.41, 5.74) is 1.73. The van der Waals surface area contributed by atoms with E-state index in [1.54, 1.807) is 26.8 Å². The average molecular weight is 377 g/mol. The van der Waals surface area contributed by atoms with Gasteiger partial charge in [-0.05, 0) is 51.8 Å². The first-order chi connectivity index (χ1) is 12.4. The van der Waals surface area contributed by atoms with Crippen LogP contribution in [0.4, 0.5) is 4.79 Å². The minimum atomic E-state index is -0.594. The van der Waals surface area contributed by atoms with E-state index in [2.05, 4.69) is 5.32 Å². The summed E-state index contributed by atoms with van der Waals surface area (Å²) in [6.07, 6.45) is 0.631. The van der Waals surface area contributed by atoms with Crippen molar-refractivity contribution in [1.29, 1.82) is 0 Å². The molecule has 6 heteroatoms. The van der Waals surface area contributed by atoms with Crippen LogP contribution in [0.15, 0.2) is 12.1 Å². The average Bonchev–Trinajstić information content (AvgIpc) is 2.43. The van der Waals surface area contributed by atoms with Gasteiger partial charge in [-0.15, -0.1) is 0 Å². The summed E-state index contributed by atoms with van der Waals surface area (Å²) in [4.78, 5) is 34.9. The van der Waals surface area contributed by atoms with Crippen molar-refractivity contribution in [3.63, 3.8) is 0 Å². The molecule has 0 bridgehead atoms. The molecule has 1 aromatic rings.